The van der Waals surface area contributed by atoms with Crippen molar-refractivity contribution in [2.75, 3.05) is 0 Å². The van der Waals surface area contributed by atoms with E-state index in [9.17, 15) is 0 Å². The minimum absolute atomic E-state index is 0.0255. The zero-order valence-electron chi connectivity index (χ0n) is 7.31. The molecule has 0 N–H and O–H groups in total. The monoisotopic (exact) mass is 199 g/mol. The molecule has 0 aliphatic carbocycles. The van der Waals surface area contributed by atoms with E-state index in [-0.39, 0.29) is 5.41 Å². The van der Waals surface area contributed by atoms with Gasteiger partial charge < -0.3 is 0 Å². The molecule has 12 heavy (non-hydrogen) atoms. The molecule has 0 saturated carbocycles. The standard InChI is InChI=1S/C9H10ClNS/c1-9(2,3)8-7(11-4)6(10)5-12-8/h5H,1-3H3. The minimum Gasteiger partial charge on any atom is -0.235 e. The van der Waals surface area contributed by atoms with Gasteiger partial charge in [0.2, 0.25) is 5.69 Å². The molecule has 3 heteroatoms. The Morgan fingerprint density at radius 3 is 2.42 bits per heavy atom. The van der Waals surface area contributed by atoms with Gasteiger partial charge in [0.05, 0.1) is 11.6 Å². The van der Waals surface area contributed by atoms with Crippen LogP contribution in [0.1, 0.15) is 25.6 Å². The molecule has 0 aliphatic rings. The summed E-state index contributed by atoms with van der Waals surface area (Å²) in [7, 11) is 0. The smallest absolute Gasteiger partial charge is 0.219 e. The molecule has 1 aromatic rings. The SMILES string of the molecule is [C-]#[N+]c1c(Cl)csc1C(C)(C)C. The molecule has 0 spiro atoms. The summed E-state index contributed by atoms with van der Waals surface area (Å²) in [6.07, 6.45) is 0. The van der Waals surface area contributed by atoms with Crippen LogP contribution in [0.5, 0.6) is 0 Å². The number of nitrogens with zero attached hydrogens (tertiary/aromatic N) is 1. The fourth-order valence-electron chi connectivity index (χ4n) is 0.967. The maximum absolute atomic E-state index is 6.97. The number of thiophene rings is 1. The van der Waals surface area contributed by atoms with E-state index in [0.717, 1.165) is 4.88 Å². The van der Waals surface area contributed by atoms with E-state index >= 15 is 0 Å². The van der Waals surface area contributed by atoms with E-state index in [2.05, 4.69) is 25.6 Å². The van der Waals surface area contributed by atoms with E-state index in [1.807, 2.05) is 5.38 Å². The summed E-state index contributed by atoms with van der Waals surface area (Å²) in [5, 5.41) is 2.41. The lowest BCUT2D eigenvalue weighted by Crippen LogP contribution is -2.08. The molecule has 0 unspecified atom stereocenters. The van der Waals surface area contributed by atoms with Crippen LogP contribution in [0.25, 0.3) is 4.85 Å². The van der Waals surface area contributed by atoms with Gasteiger partial charge in [-0.15, -0.1) is 0 Å². The van der Waals surface area contributed by atoms with Crippen molar-refractivity contribution in [2.45, 2.75) is 26.2 Å². The fourth-order valence-corrected chi connectivity index (χ4v) is 2.25. The van der Waals surface area contributed by atoms with Crippen LogP contribution >= 0.6 is 22.9 Å². The Labute approximate surface area is 81.8 Å². The highest BCUT2D eigenvalue weighted by atomic mass is 35.5. The van der Waals surface area contributed by atoms with Crippen LogP contribution in [0.15, 0.2) is 5.38 Å². The van der Waals surface area contributed by atoms with Gasteiger partial charge in [0.25, 0.3) is 0 Å². The van der Waals surface area contributed by atoms with Crippen LogP contribution in [-0.4, -0.2) is 0 Å². The Bertz CT molecular complexity index is 327. The van der Waals surface area contributed by atoms with Gasteiger partial charge in [-0.2, -0.15) is 11.3 Å². The molecular weight excluding hydrogens is 190 g/mol. The predicted molar refractivity (Wildman–Crippen MR) is 54.3 cm³/mol. The first-order valence-electron chi connectivity index (χ1n) is 3.61. The second-order valence-electron chi connectivity index (χ2n) is 3.62. The molecule has 64 valence electrons. The molecule has 1 aromatic heterocycles. The molecule has 0 bridgehead atoms. The highest BCUT2D eigenvalue weighted by molar-refractivity contribution is 7.11. The molecule has 0 radical (unpaired) electrons. The second-order valence-corrected chi connectivity index (χ2v) is 4.91. The van der Waals surface area contributed by atoms with Crippen molar-refractivity contribution in [3.8, 4) is 0 Å². The van der Waals surface area contributed by atoms with Gasteiger partial charge in [0, 0.05) is 4.88 Å². The average molecular weight is 200 g/mol. The first-order chi connectivity index (χ1) is 5.46. The minimum atomic E-state index is 0.0255. The van der Waals surface area contributed by atoms with E-state index < -0.39 is 0 Å². The quantitative estimate of drug-likeness (QED) is 0.551. The molecule has 0 aromatic carbocycles. The van der Waals surface area contributed by atoms with Crippen LogP contribution in [0.2, 0.25) is 5.02 Å². The third kappa shape index (κ3) is 1.63. The van der Waals surface area contributed by atoms with Crippen LogP contribution in [0, 0.1) is 6.57 Å². The fraction of sp³-hybridized carbons (Fsp3) is 0.444. The van der Waals surface area contributed by atoms with Crippen molar-refractivity contribution in [1.82, 2.24) is 0 Å². The summed E-state index contributed by atoms with van der Waals surface area (Å²) in [5.41, 5.74) is 0.645. The zero-order valence-corrected chi connectivity index (χ0v) is 8.88. The topological polar surface area (TPSA) is 4.36 Å². The Morgan fingerprint density at radius 2 is 2.08 bits per heavy atom. The van der Waals surface area contributed by atoms with Gasteiger partial charge >= 0.3 is 0 Å². The van der Waals surface area contributed by atoms with E-state index in [1.165, 1.54) is 0 Å². The molecule has 0 saturated heterocycles. The summed E-state index contributed by atoms with van der Waals surface area (Å²) in [5.74, 6) is 0. The Hall–Kier alpha value is -0.520. The van der Waals surface area contributed by atoms with Crippen molar-refractivity contribution in [1.29, 1.82) is 0 Å². The van der Waals surface area contributed by atoms with Gasteiger partial charge in [-0.1, -0.05) is 32.4 Å². The normalized spacial score (nSPS) is 11.2. The lowest BCUT2D eigenvalue weighted by Gasteiger charge is -2.16. The summed E-state index contributed by atoms with van der Waals surface area (Å²) >= 11 is 7.41. The van der Waals surface area contributed by atoms with Gasteiger partial charge in [0.15, 0.2) is 0 Å². The molecule has 0 fully saturated rings. The van der Waals surface area contributed by atoms with Crippen LogP contribution in [-0.2, 0) is 5.41 Å². The second kappa shape index (κ2) is 3.08. The number of halogens is 1. The zero-order chi connectivity index (χ0) is 9.35. The van der Waals surface area contributed by atoms with Crippen molar-refractivity contribution < 1.29 is 0 Å². The molecule has 0 atom stereocenters. The average Bonchev–Trinajstić information content (AvgIpc) is 2.29. The highest BCUT2D eigenvalue weighted by Crippen LogP contribution is 2.41. The van der Waals surface area contributed by atoms with E-state index in [1.54, 1.807) is 11.3 Å². The van der Waals surface area contributed by atoms with Crippen molar-refractivity contribution in [3.63, 3.8) is 0 Å². The lowest BCUT2D eigenvalue weighted by molar-refractivity contribution is 0.606. The summed E-state index contributed by atoms with van der Waals surface area (Å²) in [6, 6.07) is 0. The first kappa shape index (κ1) is 9.57. The largest absolute Gasteiger partial charge is 0.235 e. The predicted octanol–water partition coefficient (Wildman–Crippen LogP) is 4.25. The molecule has 0 aliphatic heterocycles. The number of hydrogen-bond acceptors (Lipinski definition) is 1. The lowest BCUT2D eigenvalue weighted by atomic mass is 9.94. The van der Waals surface area contributed by atoms with Crippen LogP contribution in [0.4, 0.5) is 5.69 Å². The summed E-state index contributed by atoms with van der Waals surface area (Å²) in [6.45, 7) is 13.2. The first-order valence-corrected chi connectivity index (χ1v) is 4.87. The molecule has 1 nitrogen and oxygen atoms in total. The van der Waals surface area contributed by atoms with Crippen LogP contribution in [0.3, 0.4) is 0 Å². The van der Waals surface area contributed by atoms with E-state index in [0.29, 0.717) is 10.7 Å². The Balaban J connectivity index is 3.28. The molecular formula is C9H10ClNS. The van der Waals surface area contributed by atoms with Crippen LogP contribution < -0.4 is 0 Å². The molecule has 1 heterocycles. The Kier molecular flexibility index (Phi) is 2.46. The summed E-state index contributed by atoms with van der Waals surface area (Å²) in [4.78, 5) is 4.50. The third-order valence-corrected chi connectivity index (χ3v) is 3.33. The van der Waals surface area contributed by atoms with Gasteiger partial charge in [-0.05, 0) is 10.8 Å². The van der Waals surface area contributed by atoms with Gasteiger partial charge in [-0.3, -0.25) is 0 Å². The van der Waals surface area contributed by atoms with Gasteiger partial charge in [-0.25, -0.2) is 4.85 Å². The maximum atomic E-state index is 6.97. The van der Waals surface area contributed by atoms with E-state index in [4.69, 9.17) is 18.2 Å². The Morgan fingerprint density at radius 1 is 1.50 bits per heavy atom. The number of rotatable bonds is 0. The maximum Gasteiger partial charge on any atom is 0.219 e. The van der Waals surface area contributed by atoms with Gasteiger partial charge in [0.1, 0.15) is 0 Å². The number of hydrogen-bond donors (Lipinski definition) is 0. The van der Waals surface area contributed by atoms with Crippen molar-refractivity contribution >= 4 is 28.6 Å². The molecule has 0 amide bonds. The van der Waals surface area contributed by atoms with Crippen molar-refractivity contribution in [3.05, 3.63) is 26.7 Å². The summed E-state index contributed by atoms with van der Waals surface area (Å²) < 4.78 is 0. The highest BCUT2D eigenvalue weighted by Gasteiger charge is 2.21. The molecule has 1 rings (SSSR count). The third-order valence-electron chi connectivity index (χ3n) is 1.51. The van der Waals surface area contributed by atoms with Crippen molar-refractivity contribution in [2.24, 2.45) is 0 Å².